The highest BCUT2D eigenvalue weighted by molar-refractivity contribution is 5.89. The Morgan fingerprint density at radius 3 is 2.36 bits per heavy atom. The van der Waals surface area contributed by atoms with Crippen LogP contribution >= 0.6 is 0 Å². The van der Waals surface area contributed by atoms with Crippen LogP contribution in [0.3, 0.4) is 0 Å². The van der Waals surface area contributed by atoms with Gasteiger partial charge >= 0.3 is 5.97 Å². The summed E-state index contributed by atoms with van der Waals surface area (Å²) < 4.78 is 10.7. The van der Waals surface area contributed by atoms with Crippen LogP contribution in [0.5, 0.6) is 0 Å². The van der Waals surface area contributed by atoms with Crippen molar-refractivity contribution < 1.29 is 14.3 Å². The molecule has 0 aliphatic carbocycles. The molecular weight excluding hydrogens is 276 g/mol. The fraction of sp³-hybridized carbons (Fsp3) is 0.316. The minimum absolute atomic E-state index is 0.287. The van der Waals surface area contributed by atoms with Crippen LogP contribution in [0.25, 0.3) is 0 Å². The highest BCUT2D eigenvalue weighted by Crippen LogP contribution is 2.13. The fourth-order valence-corrected chi connectivity index (χ4v) is 2.24. The first-order valence-corrected chi connectivity index (χ1v) is 7.50. The van der Waals surface area contributed by atoms with Gasteiger partial charge in [0, 0.05) is 0 Å². The molecule has 116 valence electrons. The molecule has 0 heterocycles. The van der Waals surface area contributed by atoms with Gasteiger partial charge in [-0.1, -0.05) is 35.9 Å². The van der Waals surface area contributed by atoms with E-state index in [1.54, 1.807) is 19.1 Å². The second-order valence-corrected chi connectivity index (χ2v) is 5.34. The van der Waals surface area contributed by atoms with Gasteiger partial charge in [-0.25, -0.2) is 4.79 Å². The Hall–Kier alpha value is -2.13. The van der Waals surface area contributed by atoms with Gasteiger partial charge < -0.3 is 9.47 Å². The molecule has 0 aliphatic rings. The normalized spacial score (nSPS) is 10.5. The third-order valence-electron chi connectivity index (χ3n) is 3.49. The number of esters is 1. The van der Waals surface area contributed by atoms with E-state index in [2.05, 4.69) is 32.0 Å². The topological polar surface area (TPSA) is 35.5 Å². The Bertz CT molecular complexity index is 630. The maximum atomic E-state index is 11.6. The van der Waals surface area contributed by atoms with Crippen molar-refractivity contribution in [2.75, 3.05) is 6.61 Å². The number of aryl methyl sites for hydroxylation is 2. The van der Waals surface area contributed by atoms with E-state index in [0.29, 0.717) is 25.4 Å². The maximum Gasteiger partial charge on any atom is 0.338 e. The fourth-order valence-electron chi connectivity index (χ4n) is 2.24. The van der Waals surface area contributed by atoms with Crippen molar-refractivity contribution in [1.29, 1.82) is 0 Å². The van der Waals surface area contributed by atoms with E-state index >= 15 is 0 Å². The summed E-state index contributed by atoms with van der Waals surface area (Å²) in [4.78, 5) is 11.6. The second kappa shape index (κ2) is 7.76. The van der Waals surface area contributed by atoms with E-state index in [1.165, 1.54) is 16.7 Å². The number of carbonyl (C=O) groups is 1. The molecule has 2 rings (SSSR count). The van der Waals surface area contributed by atoms with Gasteiger partial charge in [0.2, 0.25) is 0 Å². The van der Waals surface area contributed by atoms with Gasteiger partial charge in [-0.3, -0.25) is 0 Å². The van der Waals surface area contributed by atoms with E-state index in [4.69, 9.17) is 9.47 Å². The average Bonchev–Trinajstić information content (AvgIpc) is 2.50. The highest BCUT2D eigenvalue weighted by atomic mass is 16.5. The molecule has 0 aromatic heterocycles. The van der Waals surface area contributed by atoms with E-state index < -0.39 is 0 Å². The molecule has 0 N–H and O–H groups in total. The number of carbonyl (C=O) groups excluding carboxylic acids is 1. The summed E-state index contributed by atoms with van der Waals surface area (Å²) in [7, 11) is 0. The van der Waals surface area contributed by atoms with Crippen molar-refractivity contribution in [2.45, 2.75) is 34.0 Å². The summed E-state index contributed by atoms with van der Waals surface area (Å²) >= 11 is 0. The third-order valence-corrected chi connectivity index (χ3v) is 3.49. The van der Waals surface area contributed by atoms with Crippen molar-refractivity contribution >= 4 is 5.97 Å². The molecule has 0 unspecified atom stereocenters. The van der Waals surface area contributed by atoms with Crippen LogP contribution in [0.4, 0.5) is 0 Å². The molecule has 3 heteroatoms. The molecule has 0 saturated carbocycles. The monoisotopic (exact) mass is 298 g/mol. The molecule has 3 nitrogen and oxygen atoms in total. The molecule has 0 amide bonds. The van der Waals surface area contributed by atoms with Crippen molar-refractivity contribution in [1.82, 2.24) is 0 Å². The lowest BCUT2D eigenvalue weighted by atomic mass is 10.1. The van der Waals surface area contributed by atoms with Crippen molar-refractivity contribution in [3.63, 3.8) is 0 Å². The number of hydrogen-bond donors (Lipinski definition) is 0. The predicted octanol–water partition coefficient (Wildman–Crippen LogP) is 4.20. The first kappa shape index (κ1) is 16.2. The molecule has 22 heavy (non-hydrogen) atoms. The molecule has 0 fully saturated rings. The van der Waals surface area contributed by atoms with Crippen LogP contribution in [0.15, 0.2) is 42.5 Å². The first-order chi connectivity index (χ1) is 10.6. The smallest absolute Gasteiger partial charge is 0.338 e. The van der Waals surface area contributed by atoms with Crippen molar-refractivity contribution in [3.8, 4) is 0 Å². The summed E-state index contributed by atoms with van der Waals surface area (Å²) in [6.45, 7) is 7.48. The van der Waals surface area contributed by atoms with E-state index in [-0.39, 0.29) is 5.97 Å². The van der Waals surface area contributed by atoms with Gasteiger partial charge in [0.25, 0.3) is 0 Å². The molecule has 2 aromatic carbocycles. The van der Waals surface area contributed by atoms with Crippen LogP contribution in [-0.4, -0.2) is 12.6 Å². The SMILES string of the molecule is CCOC(=O)c1ccc(COCc2ccc(C)cc2C)cc1. The Labute approximate surface area is 131 Å². The zero-order chi connectivity index (χ0) is 15.9. The quantitative estimate of drug-likeness (QED) is 0.750. The Kier molecular flexibility index (Phi) is 5.73. The minimum atomic E-state index is -0.287. The highest BCUT2D eigenvalue weighted by Gasteiger charge is 2.05. The molecule has 0 bridgehead atoms. The van der Waals surface area contributed by atoms with Gasteiger partial charge in [0.1, 0.15) is 0 Å². The standard InChI is InChI=1S/C19H22O3/c1-4-22-19(20)17-9-6-16(7-10-17)12-21-13-18-8-5-14(2)11-15(18)3/h5-11H,4,12-13H2,1-3H3. The van der Waals surface area contributed by atoms with E-state index in [0.717, 1.165) is 5.56 Å². The average molecular weight is 298 g/mol. The Morgan fingerprint density at radius 2 is 1.73 bits per heavy atom. The van der Waals surface area contributed by atoms with E-state index in [1.807, 2.05) is 12.1 Å². The zero-order valence-electron chi connectivity index (χ0n) is 13.4. The Balaban J connectivity index is 1.88. The van der Waals surface area contributed by atoms with Crippen molar-refractivity contribution in [3.05, 3.63) is 70.3 Å². The van der Waals surface area contributed by atoms with Gasteiger partial charge in [-0.05, 0) is 49.6 Å². The van der Waals surface area contributed by atoms with Gasteiger partial charge in [0.05, 0.1) is 25.4 Å². The molecule has 0 spiro atoms. The third kappa shape index (κ3) is 4.43. The zero-order valence-corrected chi connectivity index (χ0v) is 13.4. The summed E-state index contributed by atoms with van der Waals surface area (Å²) in [5, 5.41) is 0. The summed E-state index contributed by atoms with van der Waals surface area (Å²) in [6, 6.07) is 13.7. The van der Waals surface area contributed by atoms with Crippen LogP contribution in [-0.2, 0) is 22.7 Å². The summed E-state index contributed by atoms with van der Waals surface area (Å²) in [6.07, 6.45) is 0. The van der Waals surface area contributed by atoms with Gasteiger partial charge in [-0.15, -0.1) is 0 Å². The number of rotatable bonds is 6. The van der Waals surface area contributed by atoms with Crippen LogP contribution in [0.2, 0.25) is 0 Å². The summed E-state index contributed by atoms with van der Waals surface area (Å²) in [5.41, 5.74) is 5.32. The van der Waals surface area contributed by atoms with Crippen LogP contribution in [0, 0.1) is 13.8 Å². The predicted molar refractivity (Wildman–Crippen MR) is 86.8 cm³/mol. The molecule has 0 atom stereocenters. The molecular formula is C19H22O3. The van der Waals surface area contributed by atoms with E-state index in [9.17, 15) is 4.79 Å². The van der Waals surface area contributed by atoms with Crippen molar-refractivity contribution in [2.24, 2.45) is 0 Å². The minimum Gasteiger partial charge on any atom is -0.462 e. The van der Waals surface area contributed by atoms with Gasteiger partial charge in [0.15, 0.2) is 0 Å². The number of benzene rings is 2. The summed E-state index contributed by atoms with van der Waals surface area (Å²) in [5.74, 6) is -0.287. The largest absolute Gasteiger partial charge is 0.462 e. The lowest BCUT2D eigenvalue weighted by Gasteiger charge is -2.09. The Morgan fingerprint density at radius 1 is 1.00 bits per heavy atom. The maximum absolute atomic E-state index is 11.6. The first-order valence-electron chi connectivity index (χ1n) is 7.50. The second-order valence-electron chi connectivity index (χ2n) is 5.34. The van der Waals surface area contributed by atoms with Gasteiger partial charge in [-0.2, -0.15) is 0 Å². The molecule has 0 saturated heterocycles. The lowest BCUT2D eigenvalue weighted by Crippen LogP contribution is -2.04. The lowest BCUT2D eigenvalue weighted by molar-refractivity contribution is 0.0526. The molecule has 0 radical (unpaired) electrons. The van der Waals surface area contributed by atoms with Crippen LogP contribution < -0.4 is 0 Å². The molecule has 2 aromatic rings. The number of ether oxygens (including phenoxy) is 2. The molecule has 0 aliphatic heterocycles. The van der Waals surface area contributed by atoms with Crippen LogP contribution in [0.1, 0.15) is 39.5 Å². The number of hydrogen-bond acceptors (Lipinski definition) is 3.